The third-order valence-electron chi connectivity index (χ3n) is 4.59. The maximum Gasteiger partial charge on any atom is 0.240 e. The van der Waals surface area contributed by atoms with Gasteiger partial charge in [-0.1, -0.05) is 6.07 Å². The lowest BCUT2D eigenvalue weighted by Gasteiger charge is -2.34. The number of carbonyl (C=O) groups excluding carboxylic acids is 3. The Labute approximate surface area is 139 Å². The molecule has 0 unspecified atom stereocenters. The average Bonchev–Trinajstić information content (AvgIpc) is 3.43. The zero-order valence-corrected chi connectivity index (χ0v) is 13.2. The number of hydrogen-bond acceptors (Lipinski definition) is 4. The minimum atomic E-state index is -0.994. The van der Waals surface area contributed by atoms with E-state index in [-0.39, 0.29) is 11.8 Å². The Morgan fingerprint density at radius 2 is 1.92 bits per heavy atom. The van der Waals surface area contributed by atoms with Crippen LogP contribution in [-0.2, 0) is 14.4 Å². The van der Waals surface area contributed by atoms with E-state index in [1.165, 1.54) is 0 Å². The molecule has 24 heavy (non-hydrogen) atoms. The van der Waals surface area contributed by atoms with Crippen LogP contribution in [0.2, 0.25) is 0 Å². The summed E-state index contributed by atoms with van der Waals surface area (Å²) in [6.07, 6.45) is 1.84. The lowest BCUT2D eigenvalue weighted by Crippen LogP contribution is -2.52. The molecule has 2 fully saturated rings. The van der Waals surface area contributed by atoms with Crippen LogP contribution in [-0.4, -0.2) is 54.2 Å². The molecule has 1 aliphatic heterocycles. The van der Waals surface area contributed by atoms with Crippen LogP contribution in [0.5, 0.6) is 0 Å². The first-order valence-electron chi connectivity index (χ1n) is 7.89. The lowest BCUT2D eigenvalue weighted by molar-refractivity contribution is -0.144. The number of nitrogens with one attached hydrogen (secondary N) is 1. The SMILES string of the molecule is N#Cc1cccc(NC(=O)C2(C(=O)N3CCN(C=O)CC3)CC2)c1. The van der Waals surface area contributed by atoms with Crippen molar-refractivity contribution >= 4 is 23.9 Å². The number of anilines is 1. The first-order chi connectivity index (χ1) is 11.6. The fourth-order valence-corrected chi connectivity index (χ4v) is 2.91. The van der Waals surface area contributed by atoms with E-state index < -0.39 is 5.41 Å². The standard InChI is InChI=1S/C17H18N4O3/c18-11-13-2-1-3-14(10-13)19-15(23)17(4-5-17)16(24)21-8-6-20(12-22)7-9-21/h1-3,10,12H,4-9H2,(H,19,23). The van der Waals surface area contributed by atoms with Crippen molar-refractivity contribution in [2.45, 2.75) is 12.8 Å². The highest BCUT2D eigenvalue weighted by Crippen LogP contribution is 2.48. The van der Waals surface area contributed by atoms with Gasteiger partial charge in [-0.2, -0.15) is 5.26 Å². The molecule has 1 aliphatic carbocycles. The number of piperazine rings is 1. The van der Waals surface area contributed by atoms with E-state index in [1.807, 2.05) is 6.07 Å². The van der Waals surface area contributed by atoms with Crippen LogP contribution in [0.3, 0.4) is 0 Å². The molecule has 3 rings (SSSR count). The molecule has 2 aliphatic rings. The van der Waals surface area contributed by atoms with Crippen molar-refractivity contribution < 1.29 is 14.4 Å². The number of carbonyl (C=O) groups is 3. The maximum atomic E-state index is 12.7. The molecule has 1 saturated heterocycles. The van der Waals surface area contributed by atoms with Gasteiger partial charge >= 0.3 is 0 Å². The second kappa shape index (κ2) is 6.32. The quantitative estimate of drug-likeness (QED) is 0.647. The van der Waals surface area contributed by atoms with Gasteiger partial charge in [-0.15, -0.1) is 0 Å². The second-order valence-corrected chi connectivity index (χ2v) is 6.16. The summed E-state index contributed by atoms with van der Waals surface area (Å²) in [6.45, 7) is 1.90. The van der Waals surface area contributed by atoms with Gasteiger partial charge in [0.2, 0.25) is 18.2 Å². The monoisotopic (exact) mass is 326 g/mol. The van der Waals surface area contributed by atoms with Gasteiger partial charge in [0.05, 0.1) is 11.6 Å². The van der Waals surface area contributed by atoms with E-state index in [1.54, 1.807) is 34.1 Å². The van der Waals surface area contributed by atoms with Gasteiger partial charge in [-0.25, -0.2) is 0 Å². The molecule has 7 nitrogen and oxygen atoms in total. The maximum absolute atomic E-state index is 12.7. The predicted octanol–water partition coefficient (Wildman–Crippen LogP) is 0.578. The number of nitrogens with zero attached hydrogens (tertiary/aromatic N) is 3. The summed E-state index contributed by atoms with van der Waals surface area (Å²) >= 11 is 0. The topological polar surface area (TPSA) is 93.5 Å². The molecular weight excluding hydrogens is 308 g/mol. The van der Waals surface area contributed by atoms with E-state index >= 15 is 0 Å². The molecule has 0 atom stereocenters. The van der Waals surface area contributed by atoms with Gasteiger partial charge in [-0.3, -0.25) is 14.4 Å². The fraction of sp³-hybridized carbons (Fsp3) is 0.412. The van der Waals surface area contributed by atoms with Crippen molar-refractivity contribution in [2.75, 3.05) is 31.5 Å². The van der Waals surface area contributed by atoms with Crippen molar-refractivity contribution in [3.8, 4) is 6.07 Å². The molecule has 1 aromatic carbocycles. The Bertz CT molecular complexity index is 713. The Kier molecular flexibility index (Phi) is 4.21. The van der Waals surface area contributed by atoms with E-state index in [9.17, 15) is 14.4 Å². The summed E-state index contributed by atoms with van der Waals surface area (Å²) in [7, 11) is 0. The highest BCUT2D eigenvalue weighted by molar-refractivity contribution is 6.13. The van der Waals surface area contributed by atoms with E-state index in [0.29, 0.717) is 50.3 Å². The summed E-state index contributed by atoms with van der Waals surface area (Å²) in [5, 5.41) is 11.7. The van der Waals surface area contributed by atoms with Crippen molar-refractivity contribution in [3.63, 3.8) is 0 Å². The van der Waals surface area contributed by atoms with Crippen LogP contribution in [0.25, 0.3) is 0 Å². The average molecular weight is 326 g/mol. The van der Waals surface area contributed by atoms with Crippen molar-refractivity contribution in [1.29, 1.82) is 5.26 Å². The molecular formula is C17H18N4O3. The van der Waals surface area contributed by atoms with Crippen LogP contribution in [0, 0.1) is 16.7 Å². The molecule has 0 aromatic heterocycles. The zero-order valence-electron chi connectivity index (χ0n) is 13.2. The van der Waals surface area contributed by atoms with Crippen molar-refractivity contribution in [2.24, 2.45) is 5.41 Å². The van der Waals surface area contributed by atoms with Crippen LogP contribution < -0.4 is 5.32 Å². The fourth-order valence-electron chi connectivity index (χ4n) is 2.91. The third-order valence-corrected chi connectivity index (χ3v) is 4.59. The summed E-state index contributed by atoms with van der Waals surface area (Å²) in [4.78, 5) is 39.4. The second-order valence-electron chi connectivity index (χ2n) is 6.16. The lowest BCUT2D eigenvalue weighted by atomic mass is 10.0. The van der Waals surface area contributed by atoms with Crippen LogP contribution in [0.15, 0.2) is 24.3 Å². The first-order valence-corrected chi connectivity index (χ1v) is 7.89. The summed E-state index contributed by atoms with van der Waals surface area (Å²) in [5.74, 6) is -0.484. The zero-order chi connectivity index (χ0) is 17.2. The number of rotatable bonds is 4. The van der Waals surface area contributed by atoms with Gasteiger partial charge in [0.1, 0.15) is 5.41 Å². The molecule has 7 heteroatoms. The smallest absolute Gasteiger partial charge is 0.240 e. The molecule has 1 heterocycles. The highest BCUT2D eigenvalue weighted by Gasteiger charge is 2.58. The molecule has 1 N–H and O–H groups in total. The summed E-state index contributed by atoms with van der Waals surface area (Å²) < 4.78 is 0. The van der Waals surface area contributed by atoms with Crippen LogP contribution in [0.1, 0.15) is 18.4 Å². The Balaban J connectivity index is 1.67. The third kappa shape index (κ3) is 2.95. The predicted molar refractivity (Wildman–Crippen MR) is 85.7 cm³/mol. The number of amides is 3. The number of benzene rings is 1. The van der Waals surface area contributed by atoms with Crippen molar-refractivity contribution in [1.82, 2.24) is 9.80 Å². The summed E-state index contributed by atoms with van der Waals surface area (Å²) in [6, 6.07) is 8.64. The van der Waals surface area contributed by atoms with Gasteiger partial charge in [0.25, 0.3) is 0 Å². The number of nitriles is 1. The van der Waals surface area contributed by atoms with E-state index in [0.717, 1.165) is 6.41 Å². The summed E-state index contributed by atoms with van der Waals surface area (Å²) in [5.41, 5.74) is -0.0238. The normalized spacial score (nSPS) is 18.5. The van der Waals surface area contributed by atoms with Crippen LogP contribution >= 0.6 is 0 Å². The first kappa shape index (κ1) is 16.0. The van der Waals surface area contributed by atoms with E-state index in [2.05, 4.69) is 5.32 Å². The molecule has 3 amide bonds. The molecule has 124 valence electrons. The minimum Gasteiger partial charge on any atom is -0.342 e. The molecule has 1 saturated carbocycles. The number of hydrogen-bond donors (Lipinski definition) is 1. The van der Waals surface area contributed by atoms with Crippen LogP contribution in [0.4, 0.5) is 5.69 Å². The highest BCUT2D eigenvalue weighted by atomic mass is 16.2. The Morgan fingerprint density at radius 3 is 2.50 bits per heavy atom. The molecule has 0 bridgehead atoms. The minimum absolute atomic E-state index is 0.165. The molecule has 0 radical (unpaired) electrons. The van der Waals surface area contributed by atoms with Gasteiger partial charge in [0.15, 0.2) is 0 Å². The van der Waals surface area contributed by atoms with Gasteiger partial charge in [-0.05, 0) is 31.0 Å². The molecule has 1 aromatic rings. The Hall–Kier alpha value is -2.88. The largest absolute Gasteiger partial charge is 0.342 e. The van der Waals surface area contributed by atoms with Gasteiger partial charge < -0.3 is 15.1 Å². The Morgan fingerprint density at radius 1 is 1.21 bits per heavy atom. The van der Waals surface area contributed by atoms with Gasteiger partial charge in [0, 0.05) is 31.9 Å². The van der Waals surface area contributed by atoms with Crippen molar-refractivity contribution in [3.05, 3.63) is 29.8 Å². The molecule has 0 spiro atoms. The van der Waals surface area contributed by atoms with E-state index in [4.69, 9.17) is 5.26 Å².